The molecule has 1 atom stereocenters. The number of hydrogen-bond acceptors (Lipinski definition) is 4. The van der Waals surface area contributed by atoms with Crippen LogP contribution in [-0.4, -0.2) is 30.4 Å². The van der Waals surface area contributed by atoms with Gasteiger partial charge in [-0.25, -0.2) is 0 Å². The highest BCUT2D eigenvalue weighted by Gasteiger charge is 2.28. The van der Waals surface area contributed by atoms with Crippen molar-refractivity contribution in [1.29, 1.82) is 0 Å². The van der Waals surface area contributed by atoms with E-state index in [0.29, 0.717) is 12.6 Å². The zero-order valence-electron chi connectivity index (χ0n) is 11.6. The van der Waals surface area contributed by atoms with Gasteiger partial charge in [0.25, 0.3) is 0 Å². The average molecular weight is 314 g/mol. The zero-order valence-corrected chi connectivity index (χ0v) is 13.2. The maximum Gasteiger partial charge on any atom is 0.323 e. The van der Waals surface area contributed by atoms with Gasteiger partial charge in [-0.05, 0) is 38.3 Å². The topological polar surface area (TPSA) is 38.3 Å². The van der Waals surface area contributed by atoms with Crippen molar-refractivity contribution in [2.24, 2.45) is 0 Å². The summed E-state index contributed by atoms with van der Waals surface area (Å²) in [6.07, 6.45) is 3.08. The first kappa shape index (κ1) is 15.7. The van der Waals surface area contributed by atoms with Gasteiger partial charge in [-0.3, -0.25) is 4.79 Å². The van der Waals surface area contributed by atoms with Crippen molar-refractivity contribution in [3.05, 3.63) is 29.3 Å². The van der Waals surface area contributed by atoms with Gasteiger partial charge < -0.3 is 10.1 Å². The minimum atomic E-state index is -0.197. The van der Waals surface area contributed by atoms with Gasteiger partial charge in [0.05, 0.1) is 11.6 Å². The predicted molar refractivity (Wildman–Crippen MR) is 83.4 cm³/mol. The summed E-state index contributed by atoms with van der Waals surface area (Å²) >= 11 is 7.80. The number of nitrogens with one attached hydrogen (secondary N) is 1. The smallest absolute Gasteiger partial charge is 0.323 e. The number of hydrogen-bond donors (Lipinski definition) is 1. The molecule has 0 aliphatic heterocycles. The maximum atomic E-state index is 11.9. The van der Waals surface area contributed by atoms with Crippen LogP contribution in [0.5, 0.6) is 0 Å². The molecule has 20 heavy (non-hydrogen) atoms. The number of rotatable bonds is 8. The number of esters is 1. The predicted octanol–water partition coefficient (Wildman–Crippen LogP) is 3.51. The van der Waals surface area contributed by atoms with E-state index in [1.54, 1.807) is 11.8 Å². The second kappa shape index (κ2) is 7.91. The summed E-state index contributed by atoms with van der Waals surface area (Å²) in [7, 11) is 0. The van der Waals surface area contributed by atoms with Gasteiger partial charge >= 0.3 is 5.97 Å². The number of carbonyl (C=O) groups is 1. The number of halogens is 1. The van der Waals surface area contributed by atoms with Gasteiger partial charge in [0, 0.05) is 16.7 Å². The lowest BCUT2D eigenvalue weighted by atomic mass is 10.2. The molecule has 0 spiro atoms. The summed E-state index contributed by atoms with van der Waals surface area (Å²) in [6.45, 7) is 2.27. The van der Waals surface area contributed by atoms with E-state index in [1.165, 1.54) is 0 Å². The number of benzene rings is 1. The molecule has 0 saturated heterocycles. The van der Waals surface area contributed by atoms with Crippen molar-refractivity contribution in [2.75, 3.05) is 12.4 Å². The van der Waals surface area contributed by atoms with Gasteiger partial charge in [-0.2, -0.15) is 0 Å². The minimum absolute atomic E-state index is 0.140. The lowest BCUT2D eigenvalue weighted by Gasteiger charge is -2.16. The third kappa shape index (κ3) is 5.00. The highest BCUT2D eigenvalue weighted by Crippen LogP contribution is 2.28. The van der Waals surface area contributed by atoms with Gasteiger partial charge in [-0.1, -0.05) is 23.7 Å². The standard InChI is InChI=1S/C15H20ClNO2S/c1-2-19-15(18)13(17-11-7-8-11)9-10-20-14-6-4-3-5-12(14)16/h3-6,11,13,17H,2,7-10H2,1H3. The Morgan fingerprint density at radius 2 is 2.25 bits per heavy atom. The fraction of sp³-hybridized carbons (Fsp3) is 0.533. The molecule has 0 radical (unpaired) electrons. The van der Waals surface area contributed by atoms with Crippen LogP contribution in [0.2, 0.25) is 5.02 Å². The normalized spacial score (nSPS) is 15.9. The van der Waals surface area contributed by atoms with E-state index in [-0.39, 0.29) is 12.0 Å². The van der Waals surface area contributed by atoms with Crippen LogP contribution in [0.15, 0.2) is 29.2 Å². The summed E-state index contributed by atoms with van der Waals surface area (Å²) in [5.41, 5.74) is 0. The van der Waals surface area contributed by atoms with Crippen molar-refractivity contribution in [1.82, 2.24) is 5.32 Å². The van der Waals surface area contributed by atoms with Crippen LogP contribution in [0.1, 0.15) is 26.2 Å². The molecule has 1 unspecified atom stereocenters. The summed E-state index contributed by atoms with van der Waals surface area (Å²) in [6, 6.07) is 8.07. The number of thioether (sulfide) groups is 1. The quantitative estimate of drug-likeness (QED) is 0.589. The molecule has 1 saturated carbocycles. The zero-order chi connectivity index (χ0) is 14.4. The lowest BCUT2D eigenvalue weighted by Crippen LogP contribution is -2.39. The SMILES string of the molecule is CCOC(=O)C(CCSc1ccccc1Cl)NC1CC1. The molecule has 1 aromatic rings. The Morgan fingerprint density at radius 3 is 2.90 bits per heavy atom. The molecule has 110 valence electrons. The Balaban J connectivity index is 1.81. The van der Waals surface area contributed by atoms with Crippen LogP contribution < -0.4 is 5.32 Å². The van der Waals surface area contributed by atoms with Crippen LogP contribution in [-0.2, 0) is 9.53 Å². The van der Waals surface area contributed by atoms with Crippen LogP contribution >= 0.6 is 23.4 Å². The van der Waals surface area contributed by atoms with Crippen LogP contribution in [0.3, 0.4) is 0 Å². The Kier molecular flexibility index (Phi) is 6.20. The molecular formula is C15H20ClNO2S. The van der Waals surface area contributed by atoms with Gasteiger partial charge in [0.15, 0.2) is 0 Å². The molecule has 2 rings (SSSR count). The van der Waals surface area contributed by atoms with E-state index in [2.05, 4.69) is 5.32 Å². The second-order valence-electron chi connectivity index (χ2n) is 4.81. The van der Waals surface area contributed by atoms with Crippen molar-refractivity contribution < 1.29 is 9.53 Å². The van der Waals surface area contributed by atoms with E-state index in [0.717, 1.165) is 34.9 Å². The number of ether oxygens (including phenoxy) is 1. The number of carbonyl (C=O) groups excluding carboxylic acids is 1. The molecule has 1 N–H and O–H groups in total. The Hall–Kier alpha value is -0.710. The lowest BCUT2D eigenvalue weighted by molar-refractivity contribution is -0.145. The molecule has 1 fully saturated rings. The van der Waals surface area contributed by atoms with Crippen molar-refractivity contribution in [3.8, 4) is 0 Å². The molecule has 1 aromatic carbocycles. The monoisotopic (exact) mass is 313 g/mol. The van der Waals surface area contributed by atoms with E-state index in [9.17, 15) is 4.79 Å². The van der Waals surface area contributed by atoms with Gasteiger partial charge in [-0.15, -0.1) is 11.8 Å². The Bertz CT molecular complexity index is 451. The van der Waals surface area contributed by atoms with Gasteiger partial charge in [0.2, 0.25) is 0 Å². The highest BCUT2D eigenvalue weighted by molar-refractivity contribution is 7.99. The van der Waals surface area contributed by atoms with Gasteiger partial charge in [0.1, 0.15) is 6.04 Å². The minimum Gasteiger partial charge on any atom is -0.465 e. The third-order valence-electron chi connectivity index (χ3n) is 3.09. The van der Waals surface area contributed by atoms with E-state index < -0.39 is 0 Å². The van der Waals surface area contributed by atoms with E-state index in [4.69, 9.17) is 16.3 Å². The molecule has 0 aromatic heterocycles. The van der Waals surface area contributed by atoms with Crippen molar-refractivity contribution >= 4 is 29.3 Å². The Labute approximate surface area is 129 Å². The third-order valence-corrected chi connectivity index (χ3v) is 4.63. The first-order chi connectivity index (χ1) is 9.70. The fourth-order valence-corrected chi connectivity index (χ4v) is 3.15. The first-order valence-corrected chi connectivity index (χ1v) is 8.37. The molecule has 0 bridgehead atoms. The first-order valence-electron chi connectivity index (χ1n) is 7.00. The fourth-order valence-electron chi connectivity index (χ4n) is 1.90. The molecule has 5 heteroatoms. The van der Waals surface area contributed by atoms with Crippen molar-refractivity contribution in [3.63, 3.8) is 0 Å². The average Bonchev–Trinajstić information content (AvgIpc) is 3.24. The summed E-state index contributed by atoms with van der Waals surface area (Å²) in [5, 5.41) is 4.12. The largest absolute Gasteiger partial charge is 0.465 e. The van der Waals surface area contributed by atoms with E-state index >= 15 is 0 Å². The van der Waals surface area contributed by atoms with Crippen molar-refractivity contribution in [2.45, 2.75) is 43.2 Å². The van der Waals surface area contributed by atoms with Crippen LogP contribution in [0.25, 0.3) is 0 Å². The summed E-state index contributed by atoms with van der Waals surface area (Å²) in [5.74, 6) is 0.701. The summed E-state index contributed by atoms with van der Waals surface area (Å²) in [4.78, 5) is 13.0. The molecule has 1 aliphatic rings. The van der Waals surface area contributed by atoms with Crippen LogP contribution in [0.4, 0.5) is 0 Å². The molecule has 0 amide bonds. The Morgan fingerprint density at radius 1 is 1.50 bits per heavy atom. The maximum absolute atomic E-state index is 11.9. The summed E-state index contributed by atoms with van der Waals surface area (Å²) < 4.78 is 5.12. The van der Waals surface area contributed by atoms with Crippen LogP contribution in [0, 0.1) is 0 Å². The van der Waals surface area contributed by atoms with E-state index in [1.807, 2.05) is 31.2 Å². The molecular weight excluding hydrogens is 294 g/mol. The molecule has 0 heterocycles. The second-order valence-corrected chi connectivity index (χ2v) is 6.36. The molecule has 3 nitrogen and oxygen atoms in total. The highest BCUT2D eigenvalue weighted by atomic mass is 35.5. The molecule has 1 aliphatic carbocycles.